The molecule has 2 rings (SSSR count). The van der Waals surface area contributed by atoms with Gasteiger partial charge in [0.05, 0.1) is 5.92 Å². The summed E-state index contributed by atoms with van der Waals surface area (Å²) in [5, 5.41) is 0. The van der Waals surface area contributed by atoms with E-state index in [4.69, 9.17) is 0 Å². The summed E-state index contributed by atoms with van der Waals surface area (Å²) in [6.45, 7) is 2.09. The molecule has 1 atom stereocenters. The van der Waals surface area contributed by atoms with E-state index in [1.807, 2.05) is 24.3 Å². The van der Waals surface area contributed by atoms with Crippen molar-refractivity contribution in [1.29, 1.82) is 0 Å². The van der Waals surface area contributed by atoms with Crippen molar-refractivity contribution in [2.45, 2.75) is 32.1 Å². The monoisotopic (exact) mass is 218 g/mol. The first kappa shape index (κ1) is 10.9. The third-order valence-corrected chi connectivity index (χ3v) is 2.93. The topological polar surface area (TPSA) is 43.4 Å². The minimum Gasteiger partial charge on any atom is -0.393 e. The smallest absolute Gasteiger partial charge is 0.321 e. The molecule has 0 aromatic heterocycles. The SMILES string of the molecule is CCc1ccc(C2CCC(=O)OC2=O)cc1. The van der Waals surface area contributed by atoms with Crippen LogP contribution in [-0.2, 0) is 20.7 Å². The lowest BCUT2D eigenvalue weighted by Crippen LogP contribution is -2.26. The maximum atomic E-state index is 11.5. The quantitative estimate of drug-likeness (QED) is 0.564. The molecule has 1 aliphatic rings. The van der Waals surface area contributed by atoms with Crippen LogP contribution in [0.2, 0.25) is 0 Å². The summed E-state index contributed by atoms with van der Waals surface area (Å²) in [7, 11) is 0. The zero-order chi connectivity index (χ0) is 11.5. The lowest BCUT2D eigenvalue weighted by Gasteiger charge is -2.19. The van der Waals surface area contributed by atoms with Gasteiger partial charge in [-0.15, -0.1) is 0 Å². The molecule has 1 aromatic carbocycles. The second kappa shape index (κ2) is 4.47. The molecule has 3 nitrogen and oxygen atoms in total. The molecular weight excluding hydrogens is 204 g/mol. The average Bonchev–Trinajstić information content (AvgIpc) is 2.29. The van der Waals surface area contributed by atoms with Gasteiger partial charge in [0.1, 0.15) is 0 Å². The van der Waals surface area contributed by atoms with Gasteiger partial charge in [-0.3, -0.25) is 9.59 Å². The fourth-order valence-corrected chi connectivity index (χ4v) is 1.90. The second-order valence-electron chi connectivity index (χ2n) is 3.98. The number of benzene rings is 1. The van der Waals surface area contributed by atoms with E-state index in [0.29, 0.717) is 12.8 Å². The van der Waals surface area contributed by atoms with Crippen molar-refractivity contribution in [3.05, 3.63) is 35.4 Å². The number of hydrogen-bond donors (Lipinski definition) is 0. The van der Waals surface area contributed by atoms with E-state index >= 15 is 0 Å². The van der Waals surface area contributed by atoms with Crippen molar-refractivity contribution in [2.75, 3.05) is 0 Å². The largest absolute Gasteiger partial charge is 0.393 e. The Hall–Kier alpha value is -1.64. The molecule has 16 heavy (non-hydrogen) atoms. The molecule has 1 saturated heterocycles. The Bertz CT molecular complexity index is 406. The molecule has 0 spiro atoms. The van der Waals surface area contributed by atoms with E-state index in [1.165, 1.54) is 5.56 Å². The maximum Gasteiger partial charge on any atom is 0.321 e. The highest BCUT2D eigenvalue weighted by molar-refractivity contribution is 5.92. The van der Waals surface area contributed by atoms with Gasteiger partial charge >= 0.3 is 11.9 Å². The van der Waals surface area contributed by atoms with Crippen molar-refractivity contribution >= 4 is 11.9 Å². The van der Waals surface area contributed by atoms with Gasteiger partial charge < -0.3 is 4.74 Å². The van der Waals surface area contributed by atoms with E-state index in [1.54, 1.807) is 0 Å². The van der Waals surface area contributed by atoms with Gasteiger partial charge in [0, 0.05) is 6.42 Å². The van der Waals surface area contributed by atoms with Crippen LogP contribution in [0.25, 0.3) is 0 Å². The normalized spacial score (nSPS) is 20.7. The van der Waals surface area contributed by atoms with E-state index in [2.05, 4.69) is 11.7 Å². The minimum absolute atomic E-state index is 0.274. The number of aryl methyl sites for hydroxylation is 1. The highest BCUT2D eigenvalue weighted by Gasteiger charge is 2.29. The number of esters is 2. The van der Waals surface area contributed by atoms with Crippen LogP contribution in [0.4, 0.5) is 0 Å². The van der Waals surface area contributed by atoms with Crippen molar-refractivity contribution in [3.63, 3.8) is 0 Å². The average molecular weight is 218 g/mol. The lowest BCUT2D eigenvalue weighted by atomic mass is 9.92. The number of ether oxygens (including phenoxy) is 1. The molecule has 0 radical (unpaired) electrons. The van der Waals surface area contributed by atoms with Crippen LogP contribution in [0.1, 0.15) is 36.8 Å². The van der Waals surface area contributed by atoms with Gasteiger partial charge in [0.25, 0.3) is 0 Å². The molecule has 1 unspecified atom stereocenters. The predicted molar refractivity (Wildman–Crippen MR) is 58.9 cm³/mol. The Morgan fingerprint density at radius 1 is 1.25 bits per heavy atom. The molecule has 1 aromatic rings. The summed E-state index contributed by atoms with van der Waals surface area (Å²) in [5.74, 6) is -1.10. The molecule has 0 N–H and O–H groups in total. The highest BCUT2D eigenvalue weighted by Crippen LogP contribution is 2.27. The van der Waals surface area contributed by atoms with Gasteiger partial charge in [-0.25, -0.2) is 0 Å². The predicted octanol–water partition coefficient (Wildman–Crippen LogP) is 2.20. The Kier molecular flexibility index (Phi) is 3.04. The third kappa shape index (κ3) is 2.13. The maximum absolute atomic E-state index is 11.5. The molecular formula is C13H14O3. The van der Waals surface area contributed by atoms with Crippen LogP contribution in [-0.4, -0.2) is 11.9 Å². The Morgan fingerprint density at radius 2 is 1.94 bits per heavy atom. The summed E-state index contributed by atoms with van der Waals surface area (Å²) >= 11 is 0. The minimum atomic E-state index is -0.416. The van der Waals surface area contributed by atoms with Gasteiger partial charge in [-0.2, -0.15) is 0 Å². The number of hydrogen-bond acceptors (Lipinski definition) is 3. The molecule has 1 fully saturated rings. The van der Waals surface area contributed by atoms with Crippen molar-refractivity contribution in [2.24, 2.45) is 0 Å². The Balaban J connectivity index is 2.17. The fraction of sp³-hybridized carbons (Fsp3) is 0.385. The molecule has 1 aliphatic heterocycles. The van der Waals surface area contributed by atoms with Gasteiger partial charge in [0.15, 0.2) is 0 Å². The summed E-state index contributed by atoms with van der Waals surface area (Å²) < 4.78 is 4.63. The fourth-order valence-electron chi connectivity index (χ4n) is 1.90. The number of rotatable bonds is 2. The Labute approximate surface area is 94.4 Å². The van der Waals surface area contributed by atoms with Crippen LogP contribution in [0.3, 0.4) is 0 Å². The van der Waals surface area contributed by atoms with Crippen LogP contribution in [0, 0.1) is 0 Å². The van der Waals surface area contributed by atoms with Crippen molar-refractivity contribution < 1.29 is 14.3 Å². The lowest BCUT2D eigenvalue weighted by molar-refractivity contribution is -0.164. The van der Waals surface area contributed by atoms with Gasteiger partial charge in [-0.05, 0) is 24.0 Å². The van der Waals surface area contributed by atoms with Crippen LogP contribution < -0.4 is 0 Å². The van der Waals surface area contributed by atoms with Gasteiger partial charge in [0.2, 0.25) is 0 Å². The van der Waals surface area contributed by atoms with E-state index < -0.39 is 11.9 Å². The summed E-state index contributed by atoms with van der Waals surface area (Å²) in [4.78, 5) is 22.4. The first-order chi connectivity index (χ1) is 7.70. The van der Waals surface area contributed by atoms with Crippen LogP contribution in [0.15, 0.2) is 24.3 Å². The molecule has 3 heteroatoms. The summed E-state index contributed by atoms with van der Waals surface area (Å²) in [5.41, 5.74) is 2.18. The van der Waals surface area contributed by atoms with E-state index in [-0.39, 0.29) is 5.92 Å². The number of carbonyl (C=O) groups excluding carboxylic acids is 2. The summed E-state index contributed by atoms with van der Waals surface area (Å²) in [6, 6.07) is 7.92. The first-order valence-corrected chi connectivity index (χ1v) is 5.54. The molecule has 1 heterocycles. The second-order valence-corrected chi connectivity index (χ2v) is 3.98. The van der Waals surface area contributed by atoms with E-state index in [0.717, 1.165) is 12.0 Å². The van der Waals surface area contributed by atoms with Crippen LogP contribution >= 0.6 is 0 Å². The third-order valence-electron chi connectivity index (χ3n) is 2.93. The van der Waals surface area contributed by atoms with Crippen LogP contribution in [0.5, 0.6) is 0 Å². The molecule has 0 bridgehead atoms. The molecule has 84 valence electrons. The zero-order valence-corrected chi connectivity index (χ0v) is 9.23. The number of cyclic esters (lactones) is 2. The van der Waals surface area contributed by atoms with Crippen molar-refractivity contribution in [1.82, 2.24) is 0 Å². The van der Waals surface area contributed by atoms with Gasteiger partial charge in [-0.1, -0.05) is 31.2 Å². The summed E-state index contributed by atoms with van der Waals surface area (Å²) in [6.07, 6.45) is 1.86. The highest BCUT2D eigenvalue weighted by atomic mass is 16.6. The van der Waals surface area contributed by atoms with Crippen molar-refractivity contribution in [3.8, 4) is 0 Å². The number of carbonyl (C=O) groups is 2. The standard InChI is InChI=1S/C13H14O3/c1-2-9-3-5-10(6-4-9)11-7-8-12(14)16-13(11)15/h3-6,11H,2,7-8H2,1H3. The zero-order valence-electron chi connectivity index (χ0n) is 9.23. The molecule has 0 saturated carbocycles. The molecule has 0 amide bonds. The van der Waals surface area contributed by atoms with E-state index in [9.17, 15) is 9.59 Å². The molecule has 0 aliphatic carbocycles. The first-order valence-electron chi connectivity index (χ1n) is 5.54. The Morgan fingerprint density at radius 3 is 2.50 bits per heavy atom.